The topological polar surface area (TPSA) is 41.1 Å². The van der Waals surface area contributed by atoms with Crippen LogP contribution in [-0.4, -0.2) is 25.5 Å². The number of carbonyl (C=O) groups excluding carboxylic acids is 1. The van der Waals surface area contributed by atoms with E-state index in [2.05, 4.69) is 17.6 Å². The normalized spacial score (nSPS) is 31.3. The van der Waals surface area contributed by atoms with Crippen molar-refractivity contribution in [2.24, 2.45) is 17.8 Å². The maximum absolute atomic E-state index is 11.8. The van der Waals surface area contributed by atoms with Gasteiger partial charge in [0.15, 0.2) is 0 Å². The van der Waals surface area contributed by atoms with Crippen LogP contribution >= 0.6 is 0 Å². The van der Waals surface area contributed by atoms with Gasteiger partial charge in [-0.1, -0.05) is 26.2 Å². The minimum Gasteiger partial charge on any atom is -0.356 e. The maximum Gasteiger partial charge on any atom is 0.224 e. The van der Waals surface area contributed by atoms with Crippen LogP contribution in [0.5, 0.6) is 0 Å². The highest BCUT2D eigenvalue weighted by Crippen LogP contribution is 2.28. The summed E-state index contributed by atoms with van der Waals surface area (Å²) in [5, 5.41) is 6.34. The first-order valence-electron chi connectivity index (χ1n) is 6.26. The molecule has 0 unspecified atom stereocenters. The third kappa shape index (κ3) is 2.71. The van der Waals surface area contributed by atoms with Crippen LogP contribution in [0.3, 0.4) is 0 Å². The highest BCUT2D eigenvalue weighted by molar-refractivity contribution is 5.79. The summed E-state index contributed by atoms with van der Waals surface area (Å²) in [5.74, 6) is 1.84. The molecule has 2 aliphatic rings. The summed E-state index contributed by atoms with van der Waals surface area (Å²) in [7, 11) is 0. The quantitative estimate of drug-likeness (QED) is 0.731. The van der Waals surface area contributed by atoms with Crippen molar-refractivity contribution >= 4 is 5.91 Å². The fourth-order valence-corrected chi connectivity index (χ4v) is 2.47. The molecular weight excluding hydrogens is 188 g/mol. The van der Waals surface area contributed by atoms with Gasteiger partial charge in [-0.3, -0.25) is 4.79 Å². The molecule has 0 spiro atoms. The molecule has 0 aromatic rings. The summed E-state index contributed by atoms with van der Waals surface area (Å²) in [5.41, 5.74) is 0. The second kappa shape index (κ2) is 4.97. The zero-order valence-corrected chi connectivity index (χ0v) is 9.59. The van der Waals surface area contributed by atoms with Crippen LogP contribution in [-0.2, 0) is 4.79 Å². The molecule has 1 saturated heterocycles. The van der Waals surface area contributed by atoms with Crippen molar-refractivity contribution in [2.75, 3.05) is 19.6 Å². The van der Waals surface area contributed by atoms with Gasteiger partial charge in [0.05, 0.1) is 5.92 Å². The number of carbonyl (C=O) groups is 1. The molecule has 0 radical (unpaired) electrons. The molecule has 86 valence electrons. The van der Waals surface area contributed by atoms with Crippen LogP contribution in [0.4, 0.5) is 0 Å². The van der Waals surface area contributed by atoms with E-state index in [1.165, 1.54) is 25.7 Å². The highest BCUT2D eigenvalue weighted by atomic mass is 16.1. The van der Waals surface area contributed by atoms with Gasteiger partial charge in [0.25, 0.3) is 0 Å². The van der Waals surface area contributed by atoms with Crippen molar-refractivity contribution in [3.05, 3.63) is 0 Å². The predicted molar refractivity (Wildman–Crippen MR) is 60.5 cm³/mol. The zero-order chi connectivity index (χ0) is 10.7. The first-order valence-corrected chi connectivity index (χ1v) is 6.26. The van der Waals surface area contributed by atoms with Gasteiger partial charge in [-0.25, -0.2) is 0 Å². The third-order valence-electron chi connectivity index (χ3n) is 3.93. The number of nitrogens with one attached hydrogen (secondary N) is 2. The van der Waals surface area contributed by atoms with E-state index < -0.39 is 0 Å². The molecule has 3 nitrogen and oxygen atoms in total. The molecule has 1 saturated carbocycles. The van der Waals surface area contributed by atoms with E-state index in [0.29, 0.717) is 5.92 Å². The first kappa shape index (κ1) is 10.9. The molecule has 3 heteroatoms. The van der Waals surface area contributed by atoms with Crippen molar-refractivity contribution in [2.45, 2.75) is 32.6 Å². The Morgan fingerprint density at radius 3 is 2.73 bits per heavy atom. The predicted octanol–water partition coefficient (Wildman–Crippen LogP) is 1.15. The number of hydrogen-bond acceptors (Lipinski definition) is 2. The number of hydrogen-bond donors (Lipinski definition) is 2. The van der Waals surface area contributed by atoms with Gasteiger partial charge in [0.2, 0.25) is 5.91 Å². The average Bonchev–Trinajstić information content (AvgIpc) is 2.55. The van der Waals surface area contributed by atoms with Gasteiger partial charge < -0.3 is 10.6 Å². The van der Waals surface area contributed by atoms with Crippen molar-refractivity contribution in [3.63, 3.8) is 0 Å². The fraction of sp³-hybridized carbons (Fsp3) is 0.917. The van der Waals surface area contributed by atoms with Crippen molar-refractivity contribution in [1.29, 1.82) is 0 Å². The summed E-state index contributed by atoms with van der Waals surface area (Å²) in [6.07, 6.45) is 5.32. The molecular formula is C12H22N2O. The van der Waals surface area contributed by atoms with Crippen LogP contribution in [0.15, 0.2) is 0 Å². The van der Waals surface area contributed by atoms with Gasteiger partial charge in [-0.2, -0.15) is 0 Å². The lowest BCUT2D eigenvalue weighted by Crippen LogP contribution is -2.35. The van der Waals surface area contributed by atoms with E-state index in [-0.39, 0.29) is 11.8 Å². The lowest BCUT2D eigenvalue weighted by atomic mass is 9.83. The van der Waals surface area contributed by atoms with Gasteiger partial charge in [-0.15, -0.1) is 0 Å². The van der Waals surface area contributed by atoms with E-state index in [4.69, 9.17) is 0 Å². The maximum atomic E-state index is 11.8. The first-order chi connectivity index (χ1) is 7.27. The summed E-state index contributed by atoms with van der Waals surface area (Å²) in [4.78, 5) is 11.8. The van der Waals surface area contributed by atoms with E-state index in [0.717, 1.165) is 25.6 Å². The van der Waals surface area contributed by atoms with Crippen LogP contribution in [0.1, 0.15) is 32.6 Å². The van der Waals surface area contributed by atoms with Gasteiger partial charge in [0, 0.05) is 13.1 Å². The molecule has 2 rings (SSSR count). The zero-order valence-electron chi connectivity index (χ0n) is 9.59. The standard InChI is InChI=1S/C12H22N2O/c1-9-7-13-8-11(9)12(15)14-6-5-10-3-2-4-10/h9-11,13H,2-8H2,1H3,(H,14,15)/t9-,11-/m1/s1. The summed E-state index contributed by atoms with van der Waals surface area (Å²) in [6, 6.07) is 0. The minimum absolute atomic E-state index is 0.200. The van der Waals surface area contributed by atoms with Gasteiger partial charge >= 0.3 is 0 Å². The summed E-state index contributed by atoms with van der Waals surface area (Å²) >= 11 is 0. The van der Waals surface area contributed by atoms with Gasteiger partial charge in [0.1, 0.15) is 0 Å². The molecule has 1 heterocycles. The van der Waals surface area contributed by atoms with Crippen LogP contribution in [0.25, 0.3) is 0 Å². The Labute approximate surface area is 92.0 Å². The molecule has 15 heavy (non-hydrogen) atoms. The number of amides is 1. The second-order valence-corrected chi connectivity index (χ2v) is 5.12. The smallest absolute Gasteiger partial charge is 0.224 e. The Hall–Kier alpha value is -0.570. The second-order valence-electron chi connectivity index (χ2n) is 5.12. The lowest BCUT2D eigenvalue weighted by Gasteiger charge is -2.25. The Kier molecular flexibility index (Phi) is 3.62. The van der Waals surface area contributed by atoms with Gasteiger partial charge in [-0.05, 0) is 24.8 Å². The highest BCUT2D eigenvalue weighted by Gasteiger charge is 2.29. The van der Waals surface area contributed by atoms with E-state index in [9.17, 15) is 4.79 Å². The SMILES string of the molecule is C[C@@H]1CNC[C@H]1C(=O)NCCC1CCC1. The summed E-state index contributed by atoms with van der Waals surface area (Å²) < 4.78 is 0. The third-order valence-corrected chi connectivity index (χ3v) is 3.93. The Morgan fingerprint density at radius 2 is 2.20 bits per heavy atom. The van der Waals surface area contributed by atoms with E-state index in [1.54, 1.807) is 0 Å². The molecule has 2 N–H and O–H groups in total. The Bertz CT molecular complexity index is 226. The van der Waals surface area contributed by atoms with Crippen molar-refractivity contribution in [1.82, 2.24) is 10.6 Å². The Morgan fingerprint density at radius 1 is 1.40 bits per heavy atom. The molecule has 1 aliphatic carbocycles. The van der Waals surface area contributed by atoms with Crippen molar-refractivity contribution < 1.29 is 4.79 Å². The molecule has 2 atom stereocenters. The molecule has 0 bridgehead atoms. The molecule has 0 aromatic heterocycles. The number of rotatable bonds is 4. The van der Waals surface area contributed by atoms with Crippen molar-refractivity contribution in [3.8, 4) is 0 Å². The molecule has 0 aromatic carbocycles. The van der Waals surface area contributed by atoms with E-state index >= 15 is 0 Å². The monoisotopic (exact) mass is 210 g/mol. The van der Waals surface area contributed by atoms with Crippen LogP contribution < -0.4 is 10.6 Å². The minimum atomic E-state index is 0.200. The van der Waals surface area contributed by atoms with E-state index in [1.807, 2.05) is 0 Å². The van der Waals surface area contributed by atoms with Crippen LogP contribution in [0, 0.1) is 17.8 Å². The molecule has 2 fully saturated rings. The largest absolute Gasteiger partial charge is 0.356 e. The average molecular weight is 210 g/mol. The molecule has 1 aliphatic heterocycles. The lowest BCUT2D eigenvalue weighted by molar-refractivity contribution is -0.125. The van der Waals surface area contributed by atoms with Crippen LogP contribution in [0.2, 0.25) is 0 Å². The molecule has 1 amide bonds. The Balaban J connectivity index is 1.63. The summed E-state index contributed by atoms with van der Waals surface area (Å²) in [6.45, 7) is 4.88. The fourth-order valence-electron chi connectivity index (χ4n) is 2.47.